The molecular formula is C26H30FN7O3S. The maximum atomic E-state index is 14.9. The van der Waals surface area contributed by atoms with E-state index in [1.54, 1.807) is 18.6 Å². The number of sulfone groups is 1. The van der Waals surface area contributed by atoms with E-state index in [1.165, 1.54) is 18.2 Å². The summed E-state index contributed by atoms with van der Waals surface area (Å²) in [5, 5.41) is 6.49. The summed E-state index contributed by atoms with van der Waals surface area (Å²) in [6, 6.07) is 5.56. The maximum absolute atomic E-state index is 14.9. The number of halogens is 1. The first-order valence-corrected chi connectivity index (χ1v) is 14.0. The molecule has 200 valence electrons. The number of hydrogen-bond acceptors (Lipinski definition) is 8. The number of pyridine rings is 1. The predicted octanol–water partition coefficient (Wildman–Crippen LogP) is 4.28. The van der Waals surface area contributed by atoms with Gasteiger partial charge in [-0.15, -0.1) is 0 Å². The van der Waals surface area contributed by atoms with Crippen LogP contribution in [0.2, 0.25) is 0 Å². The Hall–Kier alpha value is -3.90. The average Bonchev–Trinajstić information content (AvgIpc) is 3.31. The number of benzene rings is 1. The quantitative estimate of drug-likeness (QED) is 0.287. The minimum atomic E-state index is -3.75. The van der Waals surface area contributed by atoms with Gasteiger partial charge in [0.2, 0.25) is 11.9 Å². The second kappa shape index (κ2) is 10.8. The van der Waals surface area contributed by atoms with Crippen molar-refractivity contribution in [2.24, 2.45) is 0 Å². The number of rotatable bonds is 9. The fourth-order valence-corrected chi connectivity index (χ4v) is 5.05. The number of carbonyl (C=O) groups excluding carboxylic acids is 1. The number of aromatic amines is 1. The smallest absolute Gasteiger partial charge is 0.242 e. The fourth-order valence-electron chi connectivity index (χ4n) is 4.29. The van der Waals surface area contributed by atoms with Crippen molar-refractivity contribution < 1.29 is 17.6 Å². The van der Waals surface area contributed by atoms with Crippen molar-refractivity contribution in [1.29, 1.82) is 0 Å². The van der Waals surface area contributed by atoms with Crippen molar-refractivity contribution in [3.05, 3.63) is 54.2 Å². The molecule has 0 aliphatic carbocycles. The summed E-state index contributed by atoms with van der Waals surface area (Å²) >= 11 is 0. The molecule has 0 saturated carbocycles. The Morgan fingerprint density at radius 1 is 1.18 bits per heavy atom. The summed E-state index contributed by atoms with van der Waals surface area (Å²) in [4.78, 5) is 30.9. The average molecular weight is 540 g/mol. The number of likely N-dealkylation sites (N-methyl/N-ethyl adjacent to an activating group) is 1. The molecule has 1 aromatic carbocycles. The van der Waals surface area contributed by atoms with Crippen LogP contribution in [0.3, 0.4) is 0 Å². The van der Waals surface area contributed by atoms with Crippen LogP contribution in [0.1, 0.15) is 26.3 Å². The summed E-state index contributed by atoms with van der Waals surface area (Å²) in [7, 11) is -3.75. The topological polar surface area (TPSA) is 133 Å². The molecule has 1 atom stereocenters. The van der Waals surface area contributed by atoms with Crippen LogP contribution in [0.25, 0.3) is 22.2 Å². The zero-order valence-electron chi connectivity index (χ0n) is 21.8. The largest absolute Gasteiger partial charge is 0.357 e. The van der Waals surface area contributed by atoms with Crippen molar-refractivity contribution in [1.82, 2.24) is 24.8 Å². The summed E-state index contributed by atoms with van der Waals surface area (Å²) in [5.74, 6) is -0.561. The van der Waals surface area contributed by atoms with Crippen molar-refractivity contribution in [3.63, 3.8) is 0 Å². The molecule has 38 heavy (non-hydrogen) atoms. The van der Waals surface area contributed by atoms with Gasteiger partial charge in [0.25, 0.3) is 0 Å². The minimum absolute atomic E-state index is 0.0572. The zero-order chi connectivity index (χ0) is 27.6. The molecule has 3 N–H and O–H groups in total. The van der Waals surface area contributed by atoms with Crippen LogP contribution < -0.4 is 10.6 Å². The minimum Gasteiger partial charge on any atom is -0.357 e. The molecule has 0 bridgehead atoms. The first-order chi connectivity index (χ1) is 18.0. The molecule has 12 heteroatoms. The molecule has 1 amide bonds. The highest BCUT2D eigenvalue weighted by molar-refractivity contribution is 7.90. The van der Waals surface area contributed by atoms with Crippen LogP contribution in [0.15, 0.2) is 47.8 Å². The van der Waals surface area contributed by atoms with Gasteiger partial charge in [-0.25, -0.2) is 27.8 Å². The molecule has 3 aromatic heterocycles. The Labute approximate surface area is 220 Å². The number of amides is 1. The lowest BCUT2D eigenvalue weighted by molar-refractivity contribution is -0.120. The van der Waals surface area contributed by atoms with Gasteiger partial charge in [-0.1, -0.05) is 19.9 Å². The number of fused-ring (bicyclic) bond motifs is 1. The monoisotopic (exact) mass is 539 g/mol. The first-order valence-electron chi connectivity index (χ1n) is 12.2. The number of aryl methyl sites for hydroxylation is 1. The van der Waals surface area contributed by atoms with Crippen LogP contribution in [0.5, 0.6) is 0 Å². The normalized spacial score (nSPS) is 12.6. The summed E-state index contributed by atoms with van der Waals surface area (Å²) in [6.07, 6.45) is 5.92. The molecule has 0 fully saturated rings. The fraction of sp³-hybridized carbons (Fsp3) is 0.308. The third kappa shape index (κ3) is 5.36. The highest BCUT2D eigenvalue weighted by atomic mass is 32.2. The molecule has 3 heterocycles. The molecule has 10 nitrogen and oxygen atoms in total. The van der Waals surface area contributed by atoms with E-state index in [2.05, 4.69) is 30.6 Å². The molecule has 0 aliphatic rings. The zero-order valence-corrected chi connectivity index (χ0v) is 22.6. The molecule has 0 saturated heterocycles. The number of carbonyl (C=O) groups is 1. The Kier molecular flexibility index (Phi) is 7.74. The molecule has 4 aromatic rings. The van der Waals surface area contributed by atoms with Crippen LogP contribution in [-0.4, -0.2) is 64.5 Å². The standard InChI is InChI=1S/C26H30FN7O3S/c1-6-34(7-2)16(4)25(35)33-24-23-17(11-12-28-24)18(14-29-23)22-15(3)13-30-26(32-22)31-19-9-8-10-20(21(19)27)38(5,36)37/h8-14,16,29H,6-7H2,1-5H3,(H,28,33,35)(H,30,31,32)/t16-/m1/s1. The Morgan fingerprint density at radius 2 is 1.92 bits per heavy atom. The van der Waals surface area contributed by atoms with E-state index in [9.17, 15) is 17.6 Å². The van der Waals surface area contributed by atoms with Gasteiger partial charge in [0, 0.05) is 35.8 Å². The van der Waals surface area contributed by atoms with Gasteiger partial charge in [-0.2, -0.15) is 0 Å². The Balaban J connectivity index is 1.68. The van der Waals surface area contributed by atoms with Crippen LogP contribution in [-0.2, 0) is 14.6 Å². The van der Waals surface area contributed by atoms with Gasteiger partial charge in [0.05, 0.1) is 22.9 Å². The van der Waals surface area contributed by atoms with Crippen molar-refractivity contribution >= 4 is 44.1 Å². The molecule has 0 radical (unpaired) electrons. The summed E-state index contributed by atoms with van der Waals surface area (Å²) in [6.45, 7) is 9.22. The number of aromatic nitrogens is 4. The van der Waals surface area contributed by atoms with E-state index >= 15 is 0 Å². The van der Waals surface area contributed by atoms with Crippen molar-refractivity contribution in [2.45, 2.75) is 38.6 Å². The third-order valence-electron chi connectivity index (χ3n) is 6.42. The van der Waals surface area contributed by atoms with Gasteiger partial charge in [-0.3, -0.25) is 9.69 Å². The summed E-state index contributed by atoms with van der Waals surface area (Å²) in [5.41, 5.74) is 2.66. The van der Waals surface area contributed by atoms with E-state index in [-0.39, 0.29) is 23.6 Å². The number of nitrogens with one attached hydrogen (secondary N) is 3. The van der Waals surface area contributed by atoms with Gasteiger partial charge >= 0.3 is 0 Å². The molecule has 0 unspecified atom stereocenters. The molecule has 4 rings (SSSR count). The summed E-state index contributed by atoms with van der Waals surface area (Å²) < 4.78 is 38.7. The second-order valence-corrected chi connectivity index (χ2v) is 10.9. The second-order valence-electron chi connectivity index (χ2n) is 8.91. The number of H-pyrrole nitrogens is 1. The highest BCUT2D eigenvalue weighted by Crippen LogP contribution is 2.33. The van der Waals surface area contributed by atoms with E-state index in [1.807, 2.05) is 38.7 Å². The van der Waals surface area contributed by atoms with Crippen LogP contribution in [0, 0.1) is 12.7 Å². The number of nitrogens with zero attached hydrogens (tertiary/aromatic N) is 4. The van der Waals surface area contributed by atoms with Gasteiger partial charge < -0.3 is 15.6 Å². The molecule has 0 spiro atoms. The Morgan fingerprint density at radius 3 is 2.61 bits per heavy atom. The van der Waals surface area contributed by atoms with Crippen LogP contribution in [0.4, 0.5) is 21.8 Å². The number of hydrogen-bond donors (Lipinski definition) is 3. The van der Waals surface area contributed by atoms with E-state index in [4.69, 9.17) is 0 Å². The van der Waals surface area contributed by atoms with Crippen LogP contribution >= 0.6 is 0 Å². The predicted molar refractivity (Wildman–Crippen MR) is 146 cm³/mol. The van der Waals surface area contributed by atoms with Crippen molar-refractivity contribution in [3.8, 4) is 11.3 Å². The van der Waals surface area contributed by atoms with E-state index in [0.29, 0.717) is 17.0 Å². The molecule has 0 aliphatic heterocycles. The lowest BCUT2D eigenvalue weighted by Crippen LogP contribution is -2.41. The number of anilines is 3. The lowest BCUT2D eigenvalue weighted by atomic mass is 10.1. The van der Waals surface area contributed by atoms with E-state index in [0.717, 1.165) is 35.9 Å². The molecular weight excluding hydrogens is 509 g/mol. The van der Waals surface area contributed by atoms with Crippen molar-refractivity contribution in [2.75, 3.05) is 30.0 Å². The van der Waals surface area contributed by atoms with Gasteiger partial charge in [-0.05, 0) is 50.7 Å². The van der Waals surface area contributed by atoms with Gasteiger partial charge in [0.1, 0.15) is 4.90 Å². The SMILES string of the molecule is CCN(CC)[C@H](C)C(=O)Nc1nccc2c(-c3nc(Nc4cccc(S(C)(=O)=O)c4F)ncc3C)c[nH]c12. The highest BCUT2D eigenvalue weighted by Gasteiger charge is 2.22. The first kappa shape index (κ1) is 27.1. The maximum Gasteiger partial charge on any atom is 0.242 e. The van der Waals surface area contributed by atoms with Gasteiger partial charge in [0.15, 0.2) is 21.5 Å². The van der Waals surface area contributed by atoms with E-state index < -0.39 is 20.5 Å². The third-order valence-corrected chi connectivity index (χ3v) is 7.53. The Bertz CT molecular complexity index is 1600. The lowest BCUT2D eigenvalue weighted by Gasteiger charge is -2.25.